The molecule has 0 bridgehead atoms. The molecule has 0 spiro atoms. The van der Waals surface area contributed by atoms with Crippen molar-refractivity contribution in [1.82, 2.24) is 24.6 Å². The van der Waals surface area contributed by atoms with Gasteiger partial charge in [-0.15, -0.1) is 0 Å². The monoisotopic (exact) mass is 381 g/mol. The Labute approximate surface area is 160 Å². The molecule has 1 fully saturated rings. The summed E-state index contributed by atoms with van der Waals surface area (Å²) in [5.74, 6) is 0.190. The van der Waals surface area contributed by atoms with E-state index in [0.717, 1.165) is 12.0 Å². The van der Waals surface area contributed by atoms with Crippen LogP contribution < -0.4 is 5.73 Å². The number of carbonyl (C=O) groups excluding carboxylic acids is 1. The standard InChI is InChI=1S/C18H16ClN7O/c19-12-3-1-11(2-4-12)16-15-17(21)22-10-23-18(15)26(24-16)13-6-8-25(9-13)14(27)5-7-20/h1-4,10,13H,5-6,8-9H2,(H2,21,22,23). The Kier molecular flexibility index (Phi) is 4.38. The molecule has 1 aliphatic heterocycles. The summed E-state index contributed by atoms with van der Waals surface area (Å²) in [6, 6.07) is 9.20. The molecule has 27 heavy (non-hydrogen) atoms. The van der Waals surface area contributed by atoms with Crippen molar-refractivity contribution in [1.29, 1.82) is 5.26 Å². The van der Waals surface area contributed by atoms with Gasteiger partial charge in [0.25, 0.3) is 0 Å². The van der Waals surface area contributed by atoms with Gasteiger partial charge in [0.1, 0.15) is 24.3 Å². The van der Waals surface area contributed by atoms with E-state index in [1.807, 2.05) is 22.9 Å². The normalized spacial score (nSPS) is 16.6. The second-order valence-corrected chi connectivity index (χ2v) is 6.81. The Balaban J connectivity index is 1.77. The van der Waals surface area contributed by atoms with Crippen molar-refractivity contribution >= 4 is 34.4 Å². The first-order chi connectivity index (χ1) is 13.1. The molecule has 1 aromatic carbocycles. The number of aromatic nitrogens is 4. The summed E-state index contributed by atoms with van der Waals surface area (Å²) in [5.41, 5.74) is 8.29. The van der Waals surface area contributed by atoms with Crippen LogP contribution in [0, 0.1) is 11.3 Å². The molecule has 0 saturated carbocycles. The summed E-state index contributed by atoms with van der Waals surface area (Å²) < 4.78 is 1.82. The number of halogens is 1. The third kappa shape index (κ3) is 3.06. The van der Waals surface area contributed by atoms with Crippen molar-refractivity contribution < 1.29 is 4.79 Å². The van der Waals surface area contributed by atoms with Crippen LogP contribution in [0.3, 0.4) is 0 Å². The number of hydrogen-bond donors (Lipinski definition) is 1. The van der Waals surface area contributed by atoms with Crippen LogP contribution in [0.25, 0.3) is 22.3 Å². The molecule has 0 radical (unpaired) electrons. The van der Waals surface area contributed by atoms with Crippen molar-refractivity contribution in [2.24, 2.45) is 0 Å². The van der Waals surface area contributed by atoms with Gasteiger partial charge in [0, 0.05) is 23.7 Å². The molecule has 1 saturated heterocycles. The number of likely N-dealkylation sites (tertiary alicyclic amines) is 1. The zero-order valence-corrected chi connectivity index (χ0v) is 15.1. The highest BCUT2D eigenvalue weighted by Gasteiger charge is 2.30. The third-order valence-electron chi connectivity index (χ3n) is 4.73. The Morgan fingerprint density at radius 1 is 1.33 bits per heavy atom. The Morgan fingerprint density at radius 2 is 2.11 bits per heavy atom. The minimum Gasteiger partial charge on any atom is -0.383 e. The number of fused-ring (bicyclic) bond motifs is 1. The van der Waals surface area contributed by atoms with Gasteiger partial charge in [0.2, 0.25) is 5.91 Å². The maximum atomic E-state index is 12.0. The molecule has 3 heterocycles. The van der Waals surface area contributed by atoms with Crippen molar-refractivity contribution in [3.05, 3.63) is 35.6 Å². The average Bonchev–Trinajstić information content (AvgIpc) is 3.28. The molecule has 2 N–H and O–H groups in total. The molecular weight excluding hydrogens is 366 g/mol. The number of anilines is 1. The van der Waals surface area contributed by atoms with E-state index < -0.39 is 0 Å². The van der Waals surface area contributed by atoms with E-state index in [-0.39, 0.29) is 18.4 Å². The maximum Gasteiger partial charge on any atom is 0.236 e. The first-order valence-corrected chi connectivity index (χ1v) is 8.85. The van der Waals surface area contributed by atoms with Gasteiger partial charge in [0.15, 0.2) is 5.65 Å². The van der Waals surface area contributed by atoms with Gasteiger partial charge in [-0.2, -0.15) is 10.4 Å². The molecule has 3 aromatic rings. The maximum absolute atomic E-state index is 12.0. The zero-order chi connectivity index (χ0) is 19.0. The van der Waals surface area contributed by atoms with Crippen LogP contribution in [0.2, 0.25) is 5.02 Å². The predicted octanol–water partition coefficient (Wildman–Crippen LogP) is 2.42. The minimum absolute atomic E-state index is 0.0366. The number of carbonyl (C=O) groups is 1. The first-order valence-electron chi connectivity index (χ1n) is 8.48. The molecule has 8 nitrogen and oxygen atoms in total. The van der Waals surface area contributed by atoms with Crippen molar-refractivity contribution in [2.75, 3.05) is 18.8 Å². The number of nitrogen functional groups attached to an aromatic ring is 1. The molecule has 1 atom stereocenters. The molecule has 9 heteroatoms. The Bertz CT molecular complexity index is 1050. The van der Waals surface area contributed by atoms with Gasteiger partial charge in [-0.25, -0.2) is 14.6 Å². The molecule has 1 amide bonds. The van der Waals surface area contributed by atoms with Gasteiger partial charge in [0.05, 0.1) is 17.5 Å². The second kappa shape index (κ2) is 6.85. The molecule has 1 unspecified atom stereocenters. The summed E-state index contributed by atoms with van der Waals surface area (Å²) in [4.78, 5) is 22.2. The number of hydrogen-bond acceptors (Lipinski definition) is 6. The van der Waals surface area contributed by atoms with Crippen molar-refractivity contribution in [3.63, 3.8) is 0 Å². The minimum atomic E-state index is -0.163. The Hall–Kier alpha value is -3.18. The lowest BCUT2D eigenvalue weighted by Gasteiger charge is -2.15. The number of nitrogens with zero attached hydrogens (tertiary/aromatic N) is 6. The lowest BCUT2D eigenvalue weighted by molar-refractivity contribution is -0.129. The van der Waals surface area contributed by atoms with Gasteiger partial charge in [-0.05, 0) is 18.6 Å². The third-order valence-corrected chi connectivity index (χ3v) is 4.98. The fourth-order valence-electron chi connectivity index (χ4n) is 3.41. The summed E-state index contributed by atoms with van der Waals surface area (Å²) in [5, 5.41) is 14.8. The van der Waals surface area contributed by atoms with Crippen LogP contribution in [-0.2, 0) is 4.79 Å². The fourth-order valence-corrected chi connectivity index (χ4v) is 3.53. The molecular formula is C18H16ClN7O. The molecule has 4 rings (SSSR count). The quantitative estimate of drug-likeness (QED) is 0.745. The van der Waals surface area contributed by atoms with E-state index in [1.165, 1.54) is 6.33 Å². The number of rotatable bonds is 3. The van der Waals surface area contributed by atoms with E-state index in [2.05, 4.69) is 9.97 Å². The van der Waals surface area contributed by atoms with E-state index in [1.54, 1.807) is 17.0 Å². The van der Waals surface area contributed by atoms with Crippen LogP contribution in [0.1, 0.15) is 18.9 Å². The molecule has 2 aromatic heterocycles. The van der Waals surface area contributed by atoms with Crippen LogP contribution in [0.5, 0.6) is 0 Å². The van der Waals surface area contributed by atoms with Crippen molar-refractivity contribution in [2.45, 2.75) is 18.9 Å². The molecule has 1 aliphatic rings. The summed E-state index contributed by atoms with van der Waals surface area (Å²) in [7, 11) is 0. The first kappa shape index (κ1) is 17.2. The zero-order valence-electron chi connectivity index (χ0n) is 14.3. The van der Waals surface area contributed by atoms with Gasteiger partial charge in [-0.1, -0.05) is 23.7 Å². The summed E-state index contributed by atoms with van der Waals surface area (Å²) in [6.45, 7) is 1.07. The second-order valence-electron chi connectivity index (χ2n) is 6.37. The lowest BCUT2D eigenvalue weighted by atomic mass is 10.1. The number of amides is 1. The summed E-state index contributed by atoms with van der Waals surface area (Å²) >= 11 is 5.99. The van der Waals surface area contributed by atoms with Gasteiger partial charge < -0.3 is 10.6 Å². The number of benzene rings is 1. The highest BCUT2D eigenvalue weighted by Crippen LogP contribution is 2.34. The predicted molar refractivity (Wildman–Crippen MR) is 101 cm³/mol. The van der Waals surface area contributed by atoms with Crippen LogP contribution in [0.15, 0.2) is 30.6 Å². The van der Waals surface area contributed by atoms with E-state index in [4.69, 9.17) is 27.7 Å². The van der Waals surface area contributed by atoms with Gasteiger partial charge >= 0.3 is 0 Å². The largest absolute Gasteiger partial charge is 0.383 e. The van der Waals surface area contributed by atoms with E-state index in [9.17, 15) is 4.79 Å². The molecule has 0 aliphatic carbocycles. The van der Waals surface area contributed by atoms with Crippen molar-refractivity contribution in [3.8, 4) is 17.3 Å². The highest BCUT2D eigenvalue weighted by molar-refractivity contribution is 6.30. The smallest absolute Gasteiger partial charge is 0.236 e. The average molecular weight is 382 g/mol. The van der Waals surface area contributed by atoms with Crippen LogP contribution in [-0.4, -0.2) is 43.6 Å². The molecule has 136 valence electrons. The summed E-state index contributed by atoms with van der Waals surface area (Å²) in [6.07, 6.45) is 2.03. The lowest BCUT2D eigenvalue weighted by Crippen LogP contribution is -2.28. The highest BCUT2D eigenvalue weighted by atomic mass is 35.5. The van der Waals surface area contributed by atoms with E-state index in [0.29, 0.717) is 40.7 Å². The van der Waals surface area contributed by atoms with E-state index >= 15 is 0 Å². The van der Waals surface area contributed by atoms with Crippen LogP contribution in [0.4, 0.5) is 5.82 Å². The van der Waals surface area contributed by atoms with Crippen LogP contribution >= 0.6 is 11.6 Å². The SMILES string of the molecule is N#CCC(=O)N1CCC(n2nc(-c3ccc(Cl)cc3)c3c(N)ncnc32)C1. The number of nitrogens with two attached hydrogens (primary N) is 1. The fraction of sp³-hybridized carbons (Fsp3) is 0.278. The topological polar surface area (TPSA) is 114 Å². The van der Waals surface area contributed by atoms with Gasteiger partial charge in [-0.3, -0.25) is 4.79 Å². The Morgan fingerprint density at radius 3 is 2.85 bits per heavy atom. The number of nitriles is 1.